The Morgan fingerprint density at radius 2 is 2.09 bits per heavy atom. The van der Waals surface area contributed by atoms with Crippen molar-refractivity contribution < 1.29 is 9.32 Å². The SMILES string of the molecule is O=C(CN1CC(c2nc(-c3cnccn3)no2)C1)N1CCCC1. The molecule has 8 nitrogen and oxygen atoms in total. The van der Waals surface area contributed by atoms with Gasteiger partial charge in [-0.2, -0.15) is 4.98 Å². The number of nitrogens with zero attached hydrogens (tertiary/aromatic N) is 6. The first kappa shape index (κ1) is 14.3. The van der Waals surface area contributed by atoms with Gasteiger partial charge in [-0.3, -0.25) is 14.7 Å². The predicted octanol–water partition coefficient (Wildman–Crippen LogP) is 0.548. The van der Waals surface area contributed by atoms with Crippen LogP contribution in [0.3, 0.4) is 0 Å². The maximum absolute atomic E-state index is 12.1. The minimum Gasteiger partial charge on any atom is -0.342 e. The number of carbonyl (C=O) groups excluding carboxylic acids is 1. The van der Waals surface area contributed by atoms with E-state index in [-0.39, 0.29) is 11.8 Å². The Morgan fingerprint density at radius 3 is 2.83 bits per heavy atom. The molecule has 0 saturated carbocycles. The van der Waals surface area contributed by atoms with Crippen molar-refractivity contribution in [1.29, 1.82) is 0 Å². The first-order valence-electron chi connectivity index (χ1n) is 7.90. The quantitative estimate of drug-likeness (QED) is 0.814. The van der Waals surface area contributed by atoms with Crippen LogP contribution in [0.15, 0.2) is 23.1 Å². The summed E-state index contributed by atoms with van der Waals surface area (Å²) in [5.41, 5.74) is 0.600. The van der Waals surface area contributed by atoms with Crippen LogP contribution in [0, 0.1) is 0 Å². The summed E-state index contributed by atoms with van der Waals surface area (Å²) in [4.78, 5) is 28.7. The summed E-state index contributed by atoms with van der Waals surface area (Å²) >= 11 is 0. The predicted molar refractivity (Wildman–Crippen MR) is 80.3 cm³/mol. The van der Waals surface area contributed by atoms with Gasteiger partial charge in [0.05, 0.1) is 18.7 Å². The van der Waals surface area contributed by atoms with Crippen molar-refractivity contribution in [3.63, 3.8) is 0 Å². The fourth-order valence-corrected chi connectivity index (χ4v) is 3.03. The molecule has 0 spiro atoms. The van der Waals surface area contributed by atoms with Crippen LogP contribution in [-0.2, 0) is 4.79 Å². The molecule has 0 atom stereocenters. The van der Waals surface area contributed by atoms with E-state index in [0.29, 0.717) is 24.0 Å². The standard InChI is InChI=1S/C15H18N6O2/c22-13(21-5-1-2-6-21)10-20-8-11(9-20)15-18-14(19-23-15)12-7-16-3-4-17-12/h3-4,7,11H,1-2,5-6,8-10H2. The number of likely N-dealkylation sites (tertiary alicyclic amines) is 2. The van der Waals surface area contributed by atoms with Gasteiger partial charge >= 0.3 is 0 Å². The highest BCUT2D eigenvalue weighted by molar-refractivity contribution is 5.78. The van der Waals surface area contributed by atoms with Crippen molar-refractivity contribution in [2.24, 2.45) is 0 Å². The lowest BCUT2D eigenvalue weighted by atomic mass is 10.0. The summed E-state index contributed by atoms with van der Waals surface area (Å²) in [6.45, 7) is 3.85. The molecule has 4 rings (SSSR count). The van der Waals surface area contributed by atoms with Gasteiger partial charge in [0, 0.05) is 38.6 Å². The molecule has 0 bridgehead atoms. The van der Waals surface area contributed by atoms with E-state index in [4.69, 9.17) is 4.52 Å². The molecule has 2 aliphatic heterocycles. The van der Waals surface area contributed by atoms with E-state index in [2.05, 4.69) is 25.0 Å². The third kappa shape index (κ3) is 2.94. The molecule has 2 aromatic heterocycles. The van der Waals surface area contributed by atoms with Crippen molar-refractivity contribution in [1.82, 2.24) is 29.9 Å². The molecule has 0 unspecified atom stereocenters. The third-order valence-electron chi connectivity index (χ3n) is 4.36. The topological polar surface area (TPSA) is 88.2 Å². The average Bonchev–Trinajstić information content (AvgIpc) is 3.22. The lowest BCUT2D eigenvalue weighted by molar-refractivity contribution is -0.132. The molecule has 0 N–H and O–H groups in total. The van der Waals surface area contributed by atoms with Gasteiger partial charge in [0.2, 0.25) is 17.6 Å². The molecule has 2 aliphatic rings. The molecule has 2 aromatic rings. The number of carbonyl (C=O) groups is 1. The fraction of sp³-hybridized carbons (Fsp3) is 0.533. The molecular weight excluding hydrogens is 296 g/mol. The van der Waals surface area contributed by atoms with E-state index in [0.717, 1.165) is 39.0 Å². The Hall–Kier alpha value is -2.35. The molecular formula is C15H18N6O2. The lowest BCUT2D eigenvalue weighted by Gasteiger charge is -2.37. The van der Waals surface area contributed by atoms with Crippen LogP contribution in [0.2, 0.25) is 0 Å². The summed E-state index contributed by atoms with van der Waals surface area (Å²) in [6, 6.07) is 0. The summed E-state index contributed by atoms with van der Waals surface area (Å²) < 4.78 is 5.33. The second-order valence-corrected chi connectivity index (χ2v) is 6.03. The van der Waals surface area contributed by atoms with Crippen LogP contribution in [-0.4, -0.2) is 68.5 Å². The molecule has 0 aromatic carbocycles. The van der Waals surface area contributed by atoms with Crippen LogP contribution in [0.25, 0.3) is 11.5 Å². The van der Waals surface area contributed by atoms with Crippen molar-refractivity contribution in [2.45, 2.75) is 18.8 Å². The maximum Gasteiger partial charge on any atom is 0.236 e. The van der Waals surface area contributed by atoms with E-state index >= 15 is 0 Å². The smallest absolute Gasteiger partial charge is 0.236 e. The Morgan fingerprint density at radius 1 is 1.26 bits per heavy atom. The summed E-state index contributed by atoms with van der Waals surface area (Å²) in [5.74, 6) is 1.49. The van der Waals surface area contributed by atoms with E-state index < -0.39 is 0 Å². The van der Waals surface area contributed by atoms with Crippen molar-refractivity contribution >= 4 is 5.91 Å². The molecule has 2 fully saturated rings. The van der Waals surface area contributed by atoms with Crippen molar-refractivity contribution in [3.8, 4) is 11.5 Å². The number of aromatic nitrogens is 4. The Labute approximate surface area is 133 Å². The van der Waals surface area contributed by atoms with Crippen LogP contribution in [0.1, 0.15) is 24.7 Å². The number of hydrogen-bond donors (Lipinski definition) is 0. The Balaban J connectivity index is 1.32. The third-order valence-corrected chi connectivity index (χ3v) is 4.36. The van der Waals surface area contributed by atoms with Crippen LogP contribution in [0.5, 0.6) is 0 Å². The lowest BCUT2D eigenvalue weighted by Crippen LogP contribution is -2.50. The number of hydrogen-bond acceptors (Lipinski definition) is 7. The van der Waals surface area contributed by atoms with E-state index in [1.54, 1.807) is 18.6 Å². The summed E-state index contributed by atoms with van der Waals surface area (Å²) in [6.07, 6.45) is 7.06. The Bertz CT molecular complexity index is 676. The fourth-order valence-electron chi connectivity index (χ4n) is 3.03. The normalized spacial score (nSPS) is 19.0. The first-order chi connectivity index (χ1) is 11.3. The molecule has 8 heteroatoms. The molecule has 120 valence electrons. The van der Waals surface area contributed by atoms with Gasteiger partial charge in [0.25, 0.3) is 0 Å². The number of rotatable bonds is 4. The number of amides is 1. The molecule has 0 aliphatic carbocycles. The van der Waals surface area contributed by atoms with Crippen LogP contribution < -0.4 is 0 Å². The highest BCUT2D eigenvalue weighted by Gasteiger charge is 2.34. The van der Waals surface area contributed by atoms with Gasteiger partial charge < -0.3 is 9.42 Å². The molecule has 4 heterocycles. The maximum atomic E-state index is 12.1. The minimum atomic E-state index is 0.194. The second kappa shape index (κ2) is 6.04. The van der Waals surface area contributed by atoms with Gasteiger partial charge in [-0.05, 0) is 12.8 Å². The van der Waals surface area contributed by atoms with E-state index in [1.165, 1.54) is 0 Å². The second-order valence-electron chi connectivity index (χ2n) is 6.03. The van der Waals surface area contributed by atoms with Gasteiger partial charge in [-0.25, -0.2) is 4.98 Å². The highest BCUT2D eigenvalue weighted by Crippen LogP contribution is 2.27. The molecule has 1 amide bonds. The first-order valence-corrected chi connectivity index (χ1v) is 7.90. The van der Waals surface area contributed by atoms with Gasteiger partial charge in [-0.15, -0.1) is 0 Å². The Kier molecular flexibility index (Phi) is 3.74. The molecule has 23 heavy (non-hydrogen) atoms. The zero-order valence-electron chi connectivity index (χ0n) is 12.8. The van der Waals surface area contributed by atoms with Gasteiger partial charge in [0.1, 0.15) is 5.69 Å². The zero-order chi connectivity index (χ0) is 15.6. The van der Waals surface area contributed by atoms with Crippen LogP contribution >= 0.6 is 0 Å². The molecule has 2 saturated heterocycles. The van der Waals surface area contributed by atoms with Crippen LogP contribution in [0.4, 0.5) is 0 Å². The van der Waals surface area contributed by atoms with Crippen molar-refractivity contribution in [3.05, 3.63) is 24.5 Å². The van der Waals surface area contributed by atoms with E-state index in [9.17, 15) is 4.79 Å². The summed E-state index contributed by atoms with van der Waals surface area (Å²) in [7, 11) is 0. The zero-order valence-corrected chi connectivity index (χ0v) is 12.8. The largest absolute Gasteiger partial charge is 0.342 e. The minimum absolute atomic E-state index is 0.194. The van der Waals surface area contributed by atoms with Crippen molar-refractivity contribution in [2.75, 3.05) is 32.7 Å². The molecule has 0 radical (unpaired) electrons. The summed E-state index contributed by atoms with van der Waals surface area (Å²) in [5, 5.41) is 3.96. The highest BCUT2D eigenvalue weighted by atomic mass is 16.5. The average molecular weight is 314 g/mol. The van der Waals surface area contributed by atoms with E-state index in [1.807, 2.05) is 4.90 Å². The van der Waals surface area contributed by atoms with Gasteiger partial charge in [-0.1, -0.05) is 5.16 Å². The monoisotopic (exact) mass is 314 g/mol. The van der Waals surface area contributed by atoms with Gasteiger partial charge in [0.15, 0.2) is 0 Å².